The van der Waals surface area contributed by atoms with Gasteiger partial charge in [0, 0.05) is 25.7 Å². The standard InChI is InChI=1S/C23H28N2O3/c1-28-21-9-4-6-17(12-21)15-25-11-5-10-23(27,22(25)26)16-24-20-13-18-7-2-3-8-19(18)14-20/h2-4,6-9,12,20,24,27H,5,10-11,13-16H2,1H3/t23-/m0/s1. The van der Waals surface area contributed by atoms with Crippen molar-refractivity contribution in [2.24, 2.45) is 0 Å². The molecule has 4 rings (SSSR count). The second-order valence-electron chi connectivity index (χ2n) is 7.97. The van der Waals surface area contributed by atoms with E-state index >= 15 is 0 Å². The quantitative estimate of drug-likeness (QED) is 0.807. The van der Waals surface area contributed by atoms with Crippen LogP contribution in [0.3, 0.4) is 0 Å². The van der Waals surface area contributed by atoms with Crippen LogP contribution < -0.4 is 10.1 Å². The molecule has 148 valence electrons. The van der Waals surface area contributed by atoms with Gasteiger partial charge in [-0.3, -0.25) is 4.79 Å². The van der Waals surface area contributed by atoms with E-state index in [0.717, 1.165) is 30.6 Å². The van der Waals surface area contributed by atoms with Crippen LogP contribution in [-0.4, -0.2) is 47.8 Å². The Morgan fingerprint density at radius 1 is 1.18 bits per heavy atom. The summed E-state index contributed by atoms with van der Waals surface area (Å²) in [4.78, 5) is 14.8. The van der Waals surface area contributed by atoms with Crippen LogP contribution in [0, 0.1) is 0 Å². The number of carbonyl (C=O) groups is 1. The summed E-state index contributed by atoms with van der Waals surface area (Å²) in [6.07, 6.45) is 3.22. The first-order valence-corrected chi connectivity index (χ1v) is 10.0. The van der Waals surface area contributed by atoms with Crippen molar-refractivity contribution in [2.75, 3.05) is 20.2 Å². The second-order valence-corrected chi connectivity index (χ2v) is 7.97. The van der Waals surface area contributed by atoms with Gasteiger partial charge in [-0.05, 0) is 54.5 Å². The molecule has 2 N–H and O–H groups in total. The molecule has 1 aliphatic carbocycles. The van der Waals surface area contributed by atoms with Crippen molar-refractivity contribution < 1.29 is 14.6 Å². The molecule has 0 bridgehead atoms. The van der Waals surface area contributed by atoms with Gasteiger partial charge in [-0.25, -0.2) is 0 Å². The Balaban J connectivity index is 1.38. The van der Waals surface area contributed by atoms with Gasteiger partial charge in [-0.1, -0.05) is 36.4 Å². The molecule has 1 heterocycles. The number of benzene rings is 2. The maximum atomic E-state index is 13.0. The smallest absolute Gasteiger partial charge is 0.256 e. The lowest BCUT2D eigenvalue weighted by molar-refractivity contribution is -0.157. The minimum absolute atomic E-state index is 0.176. The third kappa shape index (κ3) is 3.91. The third-order valence-corrected chi connectivity index (χ3v) is 5.95. The fourth-order valence-electron chi connectivity index (χ4n) is 4.39. The van der Waals surface area contributed by atoms with Gasteiger partial charge in [0.2, 0.25) is 0 Å². The summed E-state index contributed by atoms with van der Waals surface area (Å²) in [6, 6.07) is 16.5. The largest absolute Gasteiger partial charge is 0.497 e. The van der Waals surface area contributed by atoms with Crippen molar-refractivity contribution in [1.82, 2.24) is 10.2 Å². The summed E-state index contributed by atoms with van der Waals surface area (Å²) < 4.78 is 5.27. The fraction of sp³-hybridized carbons (Fsp3) is 0.435. The van der Waals surface area contributed by atoms with Crippen LogP contribution in [0.1, 0.15) is 29.5 Å². The highest BCUT2D eigenvalue weighted by molar-refractivity contribution is 5.86. The molecular weight excluding hydrogens is 352 g/mol. The van der Waals surface area contributed by atoms with Crippen molar-refractivity contribution >= 4 is 5.91 Å². The van der Waals surface area contributed by atoms with Gasteiger partial charge in [0.1, 0.15) is 5.75 Å². The predicted octanol–water partition coefficient (Wildman–Crippen LogP) is 2.31. The number of hydrogen-bond acceptors (Lipinski definition) is 4. The highest BCUT2D eigenvalue weighted by atomic mass is 16.5. The maximum Gasteiger partial charge on any atom is 0.256 e. The molecule has 5 nitrogen and oxygen atoms in total. The minimum Gasteiger partial charge on any atom is -0.497 e. The topological polar surface area (TPSA) is 61.8 Å². The van der Waals surface area contributed by atoms with Crippen LogP contribution >= 0.6 is 0 Å². The zero-order chi connectivity index (χ0) is 19.6. The van der Waals surface area contributed by atoms with Crippen LogP contribution in [-0.2, 0) is 24.2 Å². The Hall–Kier alpha value is -2.37. The van der Waals surface area contributed by atoms with E-state index in [-0.39, 0.29) is 11.9 Å². The molecule has 2 aromatic carbocycles. The molecular formula is C23H28N2O3. The molecule has 2 aliphatic rings. The van der Waals surface area contributed by atoms with E-state index in [0.29, 0.717) is 26.1 Å². The summed E-state index contributed by atoms with van der Waals surface area (Å²) in [7, 11) is 1.64. The lowest BCUT2D eigenvalue weighted by Gasteiger charge is -2.39. The van der Waals surface area contributed by atoms with Gasteiger partial charge in [-0.15, -0.1) is 0 Å². The number of rotatable bonds is 6. The highest BCUT2D eigenvalue weighted by Gasteiger charge is 2.42. The summed E-state index contributed by atoms with van der Waals surface area (Å²) in [5.74, 6) is 0.601. The Bertz CT molecular complexity index is 828. The van der Waals surface area contributed by atoms with Crippen molar-refractivity contribution in [3.63, 3.8) is 0 Å². The average Bonchev–Trinajstić information content (AvgIpc) is 3.13. The van der Waals surface area contributed by atoms with Gasteiger partial charge < -0.3 is 20.1 Å². The number of hydrogen-bond donors (Lipinski definition) is 2. The summed E-state index contributed by atoms with van der Waals surface area (Å²) in [5, 5.41) is 14.5. The molecule has 28 heavy (non-hydrogen) atoms. The Morgan fingerprint density at radius 3 is 2.64 bits per heavy atom. The molecule has 1 amide bonds. The zero-order valence-electron chi connectivity index (χ0n) is 16.4. The SMILES string of the molecule is COc1cccc(CN2CCC[C@](O)(CNC3Cc4ccccc4C3)C2=O)c1. The second kappa shape index (κ2) is 7.94. The minimum atomic E-state index is -1.33. The summed E-state index contributed by atoms with van der Waals surface area (Å²) in [6.45, 7) is 1.47. The van der Waals surface area contributed by atoms with Crippen LogP contribution in [0.25, 0.3) is 0 Å². The van der Waals surface area contributed by atoms with Gasteiger partial charge in [0.25, 0.3) is 5.91 Å². The number of methoxy groups -OCH3 is 1. The lowest BCUT2D eigenvalue weighted by atomic mass is 9.91. The van der Waals surface area contributed by atoms with Crippen molar-refractivity contribution in [3.8, 4) is 5.75 Å². The van der Waals surface area contributed by atoms with Gasteiger partial charge in [-0.2, -0.15) is 0 Å². The number of nitrogens with one attached hydrogen (secondary N) is 1. The van der Waals surface area contributed by atoms with Gasteiger partial charge in [0.05, 0.1) is 7.11 Å². The van der Waals surface area contributed by atoms with E-state index in [4.69, 9.17) is 4.74 Å². The number of ether oxygens (including phenoxy) is 1. The lowest BCUT2D eigenvalue weighted by Crippen LogP contribution is -2.58. The van der Waals surface area contributed by atoms with Gasteiger partial charge in [0.15, 0.2) is 5.60 Å². The Kier molecular flexibility index (Phi) is 5.38. The summed E-state index contributed by atoms with van der Waals surface area (Å²) in [5.41, 5.74) is 2.41. The highest BCUT2D eigenvalue weighted by Crippen LogP contribution is 2.26. The van der Waals surface area contributed by atoms with Crippen LogP contribution in [0.2, 0.25) is 0 Å². The van der Waals surface area contributed by atoms with E-state index in [1.807, 2.05) is 24.3 Å². The normalized spacial score (nSPS) is 22.4. The number of nitrogens with zero attached hydrogens (tertiary/aromatic N) is 1. The molecule has 0 unspecified atom stereocenters. The first-order valence-electron chi connectivity index (χ1n) is 10.0. The molecule has 1 saturated heterocycles. The maximum absolute atomic E-state index is 13.0. The predicted molar refractivity (Wildman–Crippen MR) is 108 cm³/mol. The van der Waals surface area contributed by atoms with E-state index in [1.54, 1.807) is 12.0 Å². The first-order chi connectivity index (χ1) is 13.6. The molecule has 2 aromatic rings. The molecule has 5 heteroatoms. The number of fused-ring (bicyclic) bond motifs is 1. The molecule has 1 atom stereocenters. The van der Waals surface area contributed by atoms with Crippen molar-refractivity contribution in [3.05, 3.63) is 65.2 Å². The zero-order valence-corrected chi connectivity index (χ0v) is 16.4. The van der Waals surface area contributed by atoms with Gasteiger partial charge >= 0.3 is 0 Å². The number of aliphatic hydroxyl groups is 1. The number of piperidine rings is 1. The first kappa shape index (κ1) is 19.0. The Labute approximate surface area is 166 Å². The van der Waals surface area contributed by atoms with Crippen molar-refractivity contribution in [1.29, 1.82) is 0 Å². The number of carbonyl (C=O) groups excluding carboxylic acids is 1. The van der Waals surface area contributed by atoms with Crippen LogP contribution in [0.5, 0.6) is 5.75 Å². The molecule has 1 aliphatic heterocycles. The van der Waals surface area contributed by atoms with E-state index in [9.17, 15) is 9.90 Å². The van der Waals surface area contributed by atoms with E-state index in [1.165, 1.54) is 11.1 Å². The number of amides is 1. The summed E-state index contributed by atoms with van der Waals surface area (Å²) >= 11 is 0. The molecule has 0 spiro atoms. The molecule has 0 saturated carbocycles. The van der Waals surface area contributed by atoms with E-state index in [2.05, 4.69) is 29.6 Å². The van der Waals surface area contributed by atoms with Crippen LogP contribution in [0.4, 0.5) is 0 Å². The monoisotopic (exact) mass is 380 g/mol. The fourth-order valence-corrected chi connectivity index (χ4v) is 4.39. The average molecular weight is 380 g/mol. The van der Waals surface area contributed by atoms with Crippen LogP contribution in [0.15, 0.2) is 48.5 Å². The number of likely N-dealkylation sites (tertiary alicyclic amines) is 1. The molecule has 0 aromatic heterocycles. The Morgan fingerprint density at radius 2 is 1.93 bits per heavy atom. The van der Waals surface area contributed by atoms with E-state index < -0.39 is 5.60 Å². The molecule has 1 fully saturated rings. The van der Waals surface area contributed by atoms with Crippen molar-refractivity contribution in [2.45, 2.75) is 43.9 Å². The third-order valence-electron chi connectivity index (χ3n) is 5.95. The molecule has 0 radical (unpaired) electrons.